The van der Waals surface area contributed by atoms with Gasteiger partial charge in [0.15, 0.2) is 0 Å². The molecule has 1 saturated heterocycles. The lowest BCUT2D eigenvalue weighted by atomic mass is 10.1. The fourth-order valence-corrected chi connectivity index (χ4v) is 3.20. The third-order valence-electron chi connectivity index (χ3n) is 2.74. The minimum absolute atomic E-state index is 0.423. The van der Waals surface area contributed by atoms with Crippen LogP contribution in [0.3, 0.4) is 0 Å². The maximum atomic E-state index is 9.00. The molecule has 1 atom stereocenters. The molecule has 0 spiro atoms. The van der Waals surface area contributed by atoms with E-state index >= 15 is 0 Å². The zero-order valence-corrected chi connectivity index (χ0v) is 10.1. The Morgan fingerprint density at radius 3 is 3.06 bits per heavy atom. The summed E-state index contributed by atoms with van der Waals surface area (Å²) in [5, 5.41) is 9.49. The van der Waals surface area contributed by atoms with Crippen molar-refractivity contribution in [2.45, 2.75) is 24.5 Å². The van der Waals surface area contributed by atoms with Crippen molar-refractivity contribution in [3.05, 3.63) is 23.4 Å². The molecule has 3 nitrogen and oxygen atoms in total. The Balaban J connectivity index is 2.25. The summed E-state index contributed by atoms with van der Waals surface area (Å²) in [7, 11) is 1.54. The lowest BCUT2D eigenvalue weighted by Gasteiger charge is -2.21. The number of pyridine rings is 1. The molecule has 0 aliphatic carbocycles. The van der Waals surface area contributed by atoms with E-state index in [1.165, 1.54) is 32.1 Å². The topological polar surface area (TPSA) is 45.9 Å². The lowest BCUT2D eigenvalue weighted by molar-refractivity contribution is 0.396. The van der Waals surface area contributed by atoms with E-state index < -0.39 is 0 Å². The number of nitriles is 1. The minimum atomic E-state index is 0.423. The summed E-state index contributed by atoms with van der Waals surface area (Å²) in [5.41, 5.74) is 1.69. The summed E-state index contributed by atoms with van der Waals surface area (Å²) in [6.45, 7) is 0. The molecule has 84 valence electrons. The number of hydrogen-bond donors (Lipinski definition) is 0. The van der Waals surface area contributed by atoms with Crippen LogP contribution in [0.5, 0.6) is 5.88 Å². The van der Waals surface area contributed by atoms with Gasteiger partial charge in [-0.2, -0.15) is 17.0 Å². The first kappa shape index (κ1) is 11.3. The standard InChI is InChI=1S/C12H14N2OS/c1-15-12-9(7-13)6-10(8-14-12)11-4-2-3-5-16-11/h6,8,11H,2-5H2,1H3. The van der Waals surface area contributed by atoms with Crippen LogP contribution in [0.4, 0.5) is 0 Å². The molecule has 0 amide bonds. The molecular formula is C12H14N2OS. The summed E-state index contributed by atoms with van der Waals surface area (Å²) in [4.78, 5) is 4.19. The molecule has 0 N–H and O–H groups in total. The summed E-state index contributed by atoms with van der Waals surface area (Å²) < 4.78 is 5.04. The van der Waals surface area contributed by atoms with Gasteiger partial charge in [0, 0.05) is 11.4 Å². The molecule has 4 heteroatoms. The smallest absolute Gasteiger partial charge is 0.231 e. The summed E-state index contributed by atoms with van der Waals surface area (Å²) in [6.07, 6.45) is 5.59. The maximum Gasteiger partial charge on any atom is 0.231 e. The van der Waals surface area contributed by atoms with Crippen LogP contribution < -0.4 is 4.74 Å². The lowest BCUT2D eigenvalue weighted by Crippen LogP contribution is -2.03. The van der Waals surface area contributed by atoms with Crippen LogP contribution in [-0.4, -0.2) is 17.8 Å². The molecule has 1 unspecified atom stereocenters. The first-order valence-corrected chi connectivity index (χ1v) is 6.45. The van der Waals surface area contributed by atoms with Gasteiger partial charge in [-0.25, -0.2) is 4.98 Å². The van der Waals surface area contributed by atoms with Crippen molar-refractivity contribution >= 4 is 11.8 Å². The number of thioether (sulfide) groups is 1. The van der Waals surface area contributed by atoms with Gasteiger partial charge in [0.1, 0.15) is 11.6 Å². The van der Waals surface area contributed by atoms with E-state index in [9.17, 15) is 0 Å². The Bertz CT molecular complexity index is 408. The second kappa shape index (κ2) is 5.22. The zero-order valence-electron chi connectivity index (χ0n) is 9.27. The predicted molar refractivity (Wildman–Crippen MR) is 64.6 cm³/mol. The Morgan fingerprint density at radius 2 is 2.44 bits per heavy atom. The average molecular weight is 234 g/mol. The average Bonchev–Trinajstić information content (AvgIpc) is 2.39. The summed E-state index contributed by atoms with van der Waals surface area (Å²) >= 11 is 1.96. The van der Waals surface area contributed by atoms with Crippen LogP contribution in [0.15, 0.2) is 12.3 Å². The molecule has 1 aromatic rings. The number of hydrogen-bond acceptors (Lipinski definition) is 4. The first-order chi connectivity index (χ1) is 7.85. The van der Waals surface area contributed by atoms with E-state index in [1.807, 2.05) is 24.0 Å². The highest BCUT2D eigenvalue weighted by molar-refractivity contribution is 7.99. The highest BCUT2D eigenvalue weighted by Gasteiger charge is 2.18. The Labute approximate surface area is 99.8 Å². The SMILES string of the molecule is COc1ncc(C2CCCCS2)cc1C#N. The molecule has 0 aromatic carbocycles. The molecular weight excluding hydrogens is 220 g/mol. The molecule has 1 fully saturated rings. The van der Waals surface area contributed by atoms with E-state index in [2.05, 4.69) is 11.1 Å². The molecule has 0 saturated carbocycles. The Kier molecular flexibility index (Phi) is 3.68. The number of nitrogens with zero attached hydrogens (tertiary/aromatic N) is 2. The molecule has 0 bridgehead atoms. The van der Waals surface area contributed by atoms with Gasteiger partial charge in [0.2, 0.25) is 5.88 Å². The van der Waals surface area contributed by atoms with Gasteiger partial charge in [-0.15, -0.1) is 0 Å². The Hall–Kier alpha value is -1.21. The predicted octanol–water partition coefficient (Wildman–Crippen LogP) is 2.92. The van der Waals surface area contributed by atoms with Gasteiger partial charge in [-0.1, -0.05) is 6.42 Å². The van der Waals surface area contributed by atoms with Crippen molar-refractivity contribution in [2.24, 2.45) is 0 Å². The van der Waals surface area contributed by atoms with Crippen LogP contribution in [0.25, 0.3) is 0 Å². The van der Waals surface area contributed by atoms with Gasteiger partial charge in [0.05, 0.1) is 7.11 Å². The molecule has 2 rings (SSSR count). The van der Waals surface area contributed by atoms with E-state index in [0.717, 1.165) is 5.56 Å². The summed E-state index contributed by atoms with van der Waals surface area (Å²) in [6, 6.07) is 4.04. The molecule has 1 aromatic heterocycles. The van der Waals surface area contributed by atoms with Crippen molar-refractivity contribution in [1.82, 2.24) is 4.98 Å². The second-order valence-electron chi connectivity index (χ2n) is 3.79. The van der Waals surface area contributed by atoms with E-state index in [-0.39, 0.29) is 0 Å². The van der Waals surface area contributed by atoms with Gasteiger partial charge in [-0.3, -0.25) is 0 Å². The normalized spacial score (nSPS) is 20.1. The van der Waals surface area contributed by atoms with Gasteiger partial charge >= 0.3 is 0 Å². The number of rotatable bonds is 2. The van der Waals surface area contributed by atoms with Crippen molar-refractivity contribution in [1.29, 1.82) is 5.26 Å². The number of methoxy groups -OCH3 is 1. The van der Waals surface area contributed by atoms with Crippen molar-refractivity contribution < 1.29 is 4.74 Å². The molecule has 2 heterocycles. The van der Waals surface area contributed by atoms with Crippen molar-refractivity contribution in [2.75, 3.05) is 12.9 Å². The monoisotopic (exact) mass is 234 g/mol. The minimum Gasteiger partial charge on any atom is -0.480 e. The third-order valence-corrected chi connectivity index (χ3v) is 4.17. The molecule has 1 aliphatic rings. The molecule has 1 aliphatic heterocycles. The maximum absolute atomic E-state index is 9.00. The van der Waals surface area contributed by atoms with Crippen LogP contribution in [0.1, 0.15) is 35.6 Å². The fourth-order valence-electron chi connectivity index (χ4n) is 1.89. The fraction of sp³-hybridized carbons (Fsp3) is 0.500. The van der Waals surface area contributed by atoms with Gasteiger partial charge in [-0.05, 0) is 30.2 Å². The van der Waals surface area contributed by atoms with Gasteiger partial charge in [0.25, 0.3) is 0 Å². The van der Waals surface area contributed by atoms with Crippen molar-refractivity contribution in [3.63, 3.8) is 0 Å². The quantitative estimate of drug-likeness (QED) is 0.789. The Morgan fingerprint density at radius 1 is 1.56 bits per heavy atom. The van der Waals surface area contributed by atoms with E-state index in [4.69, 9.17) is 10.00 Å². The third kappa shape index (κ3) is 2.30. The first-order valence-electron chi connectivity index (χ1n) is 5.41. The second-order valence-corrected chi connectivity index (χ2v) is 5.10. The van der Waals surface area contributed by atoms with Crippen LogP contribution in [0, 0.1) is 11.3 Å². The van der Waals surface area contributed by atoms with Crippen LogP contribution in [-0.2, 0) is 0 Å². The highest BCUT2D eigenvalue weighted by atomic mass is 32.2. The van der Waals surface area contributed by atoms with E-state index in [1.54, 1.807) is 0 Å². The highest BCUT2D eigenvalue weighted by Crippen LogP contribution is 2.38. The molecule has 16 heavy (non-hydrogen) atoms. The van der Waals surface area contributed by atoms with E-state index in [0.29, 0.717) is 16.7 Å². The summed E-state index contributed by atoms with van der Waals surface area (Å²) in [5.74, 6) is 1.63. The number of ether oxygens (including phenoxy) is 1. The van der Waals surface area contributed by atoms with Crippen molar-refractivity contribution in [3.8, 4) is 11.9 Å². The largest absolute Gasteiger partial charge is 0.480 e. The zero-order chi connectivity index (χ0) is 11.4. The number of aromatic nitrogens is 1. The van der Waals surface area contributed by atoms with Crippen LogP contribution in [0.2, 0.25) is 0 Å². The van der Waals surface area contributed by atoms with Crippen LogP contribution >= 0.6 is 11.8 Å². The van der Waals surface area contributed by atoms with Gasteiger partial charge < -0.3 is 4.74 Å². The molecule has 0 radical (unpaired) electrons.